The van der Waals surface area contributed by atoms with Gasteiger partial charge in [-0.15, -0.1) is 24.8 Å². The van der Waals surface area contributed by atoms with Crippen LogP contribution in [0.4, 0.5) is 0 Å². The molecule has 4 N–H and O–H groups in total. The molecule has 1 aliphatic rings. The standard InChI is InChI=1S/C7H9BrN4O.2ClH/c8-3-2-10-12-6(3)7(13)11-5-1-4(5)9;;/h2,4-5H,1,9H2,(H,10,12)(H,11,13);2*1H. The number of hydrogen-bond acceptors (Lipinski definition) is 3. The number of amides is 1. The number of rotatable bonds is 2. The van der Waals surface area contributed by atoms with E-state index in [1.165, 1.54) is 0 Å². The number of nitrogens with zero attached hydrogens (tertiary/aromatic N) is 1. The minimum Gasteiger partial charge on any atom is -0.346 e. The lowest BCUT2D eigenvalue weighted by Gasteiger charge is -2.00. The molecule has 2 unspecified atom stereocenters. The van der Waals surface area contributed by atoms with Crippen molar-refractivity contribution in [3.63, 3.8) is 0 Å². The second-order valence-electron chi connectivity index (χ2n) is 3.07. The van der Waals surface area contributed by atoms with Gasteiger partial charge in [0.1, 0.15) is 5.69 Å². The molecule has 0 saturated heterocycles. The number of halogens is 3. The second-order valence-corrected chi connectivity index (χ2v) is 3.93. The Morgan fingerprint density at radius 2 is 2.27 bits per heavy atom. The van der Waals surface area contributed by atoms with Crippen molar-refractivity contribution in [2.45, 2.75) is 18.5 Å². The zero-order valence-corrected chi connectivity index (χ0v) is 10.8. The van der Waals surface area contributed by atoms with E-state index >= 15 is 0 Å². The third-order valence-electron chi connectivity index (χ3n) is 1.98. The summed E-state index contributed by atoms with van der Waals surface area (Å²) in [6.07, 6.45) is 2.40. The van der Waals surface area contributed by atoms with Gasteiger partial charge in [0.25, 0.3) is 5.91 Å². The Morgan fingerprint density at radius 3 is 2.67 bits per heavy atom. The Labute approximate surface area is 108 Å². The van der Waals surface area contributed by atoms with Crippen LogP contribution in [0, 0.1) is 0 Å². The molecular formula is C7H11BrCl2N4O. The van der Waals surface area contributed by atoms with Crippen molar-refractivity contribution >= 4 is 46.7 Å². The van der Waals surface area contributed by atoms with Gasteiger partial charge in [0.05, 0.1) is 10.7 Å². The number of aromatic nitrogens is 2. The molecular weight excluding hydrogens is 307 g/mol. The van der Waals surface area contributed by atoms with Crippen molar-refractivity contribution in [3.8, 4) is 0 Å². The molecule has 8 heteroatoms. The van der Waals surface area contributed by atoms with E-state index in [1.807, 2.05) is 0 Å². The highest BCUT2D eigenvalue weighted by atomic mass is 79.9. The highest BCUT2D eigenvalue weighted by Gasteiger charge is 2.35. The topological polar surface area (TPSA) is 83.8 Å². The van der Waals surface area contributed by atoms with Gasteiger partial charge in [0, 0.05) is 12.1 Å². The van der Waals surface area contributed by atoms with Crippen molar-refractivity contribution in [3.05, 3.63) is 16.4 Å². The first kappa shape index (κ1) is 14.7. The summed E-state index contributed by atoms with van der Waals surface area (Å²) in [4.78, 5) is 11.5. The van der Waals surface area contributed by atoms with Gasteiger partial charge in [-0.2, -0.15) is 5.10 Å². The number of hydrogen-bond donors (Lipinski definition) is 3. The van der Waals surface area contributed by atoms with Gasteiger partial charge >= 0.3 is 0 Å². The van der Waals surface area contributed by atoms with Crippen molar-refractivity contribution in [2.24, 2.45) is 5.73 Å². The SMILES string of the molecule is Cl.Cl.NC1CC1NC(=O)c1[nH]ncc1Br. The molecule has 1 amide bonds. The predicted molar refractivity (Wildman–Crippen MR) is 64.6 cm³/mol. The minimum atomic E-state index is -0.165. The van der Waals surface area contributed by atoms with E-state index in [0.29, 0.717) is 10.2 Å². The first-order valence-electron chi connectivity index (χ1n) is 3.94. The largest absolute Gasteiger partial charge is 0.346 e. The molecule has 1 aliphatic carbocycles. The fraction of sp³-hybridized carbons (Fsp3) is 0.429. The van der Waals surface area contributed by atoms with Gasteiger partial charge < -0.3 is 11.1 Å². The van der Waals surface area contributed by atoms with Crippen LogP contribution in [0.5, 0.6) is 0 Å². The summed E-state index contributed by atoms with van der Waals surface area (Å²) in [5.74, 6) is -0.165. The summed E-state index contributed by atoms with van der Waals surface area (Å²) in [6.45, 7) is 0. The fourth-order valence-electron chi connectivity index (χ4n) is 1.05. The molecule has 5 nitrogen and oxygen atoms in total. The highest BCUT2D eigenvalue weighted by Crippen LogP contribution is 2.19. The van der Waals surface area contributed by atoms with Gasteiger partial charge in [0.2, 0.25) is 0 Å². The van der Waals surface area contributed by atoms with Crippen LogP contribution in [0.3, 0.4) is 0 Å². The summed E-state index contributed by atoms with van der Waals surface area (Å²) in [5, 5.41) is 9.11. The van der Waals surface area contributed by atoms with Gasteiger partial charge in [-0.25, -0.2) is 0 Å². The van der Waals surface area contributed by atoms with Crippen LogP contribution in [0.15, 0.2) is 10.7 Å². The van der Waals surface area contributed by atoms with E-state index in [2.05, 4.69) is 31.4 Å². The Morgan fingerprint density at radius 1 is 1.67 bits per heavy atom. The van der Waals surface area contributed by atoms with E-state index < -0.39 is 0 Å². The van der Waals surface area contributed by atoms with Crippen LogP contribution in [0.25, 0.3) is 0 Å². The van der Waals surface area contributed by atoms with Gasteiger partial charge in [-0.1, -0.05) is 0 Å². The molecule has 1 aromatic rings. The molecule has 0 aromatic carbocycles. The molecule has 0 spiro atoms. The Hall–Kier alpha value is -0.300. The molecule has 86 valence electrons. The predicted octanol–water partition coefficient (Wildman–Crippen LogP) is 0.845. The van der Waals surface area contributed by atoms with Gasteiger partial charge in [-0.05, 0) is 22.4 Å². The lowest BCUT2D eigenvalue weighted by molar-refractivity contribution is 0.0944. The number of carbonyl (C=O) groups excluding carboxylic acids is 1. The molecule has 1 fully saturated rings. The van der Waals surface area contributed by atoms with Crippen molar-refractivity contribution in [1.82, 2.24) is 15.5 Å². The average molecular weight is 318 g/mol. The van der Waals surface area contributed by atoms with Gasteiger partial charge in [-0.3, -0.25) is 9.89 Å². The van der Waals surface area contributed by atoms with E-state index in [-0.39, 0.29) is 42.8 Å². The summed E-state index contributed by atoms with van der Waals surface area (Å²) in [6, 6.07) is 0.244. The van der Waals surface area contributed by atoms with Crippen LogP contribution in [0.1, 0.15) is 16.9 Å². The molecule has 0 bridgehead atoms. The molecule has 0 radical (unpaired) electrons. The summed E-state index contributed by atoms with van der Waals surface area (Å²) in [5.41, 5.74) is 6.00. The zero-order chi connectivity index (χ0) is 9.42. The van der Waals surface area contributed by atoms with E-state index in [0.717, 1.165) is 6.42 Å². The lowest BCUT2D eigenvalue weighted by atomic mass is 10.4. The summed E-state index contributed by atoms with van der Waals surface area (Å²) in [7, 11) is 0. The second kappa shape index (κ2) is 5.69. The average Bonchev–Trinajstić information content (AvgIpc) is 2.62. The highest BCUT2D eigenvalue weighted by molar-refractivity contribution is 9.10. The van der Waals surface area contributed by atoms with Crippen LogP contribution < -0.4 is 11.1 Å². The first-order chi connectivity index (χ1) is 6.18. The maximum Gasteiger partial charge on any atom is 0.270 e. The zero-order valence-electron chi connectivity index (χ0n) is 7.57. The smallest absolute Gasteiger partial charge is 0.270 e. The van der Waals surface area contributed by atoms with Crippen LogP contribution in [0.2, 0.25) is 0 Å². The Kier molecular flexibility index (Phi) is 5.58. The molecule has 1 saturated carbocycles. The third kappa shape index (κ3) is 3.34. The minimum absolute atomic E-state index is 0. The maximum absolute atomic E-state index is 11.5. The Balaban J connectivity index is 0.000000980. The molecule has 1 heterocycles. The maximum atomic E-state index is 11.5. The Bertz CT molecular complexity index is 345. The quantitative estimate of drug-likeness (QED) is 0.756. The lowest BCUT2D eigenvalue weighted by Crippen LogP contribution is -2.30. The normalized spacial score (nSPS) is 22.3. The molecule has 0 aliphatic heterocycles. The summed E-state index contributed by atoms with van der Waals surface area (Å²) < 4.78 is 0.666. The number of nitrogens with one attached hydrogen (secondary N) is 2. The first-order valence-corrected chi connectivity index (χ1v) is 4.73. The van der Waals surface area contributed by atoms with Gasteiger partial charge in [0.15, 0.2) is 0 Å². The van der Waals surface area contributed by atoms with Crippen molar-refractivity contribution < 1.29 is 4.79 Å². The van der Waals surface area contributed by atoms with E-state index in [1.54, 1.807) is 6.20 Å². The fourth-order valence-corrected chi connectivity index (χ4v) is 1.42. The number of aromatic amines is 1. The van der Waals surface area contributed by atoms with E-state index in [9.17, 15) is 4.79 Å². The van der Waals surface area contributed by atoms with E-state index in [4.69, 9.17) is 5.73 Å². The molecule has 1 aromatic heterocycles. The van der Waals surface area contributed by atoms with Crippen molar-refractivity contribution in [1.29, 1.82) is 0 Å². The molecule has 15 heavy (non-hydrogen) atoms. The summed E-state index contributed by atoms with van der Waals surface area (Å²) >= 11 is 3.21. The number of carbonyl (C=O) groups is 1. The van der Waals surface area contributed by atoms with Crippen molar-refractivity contribution in [2.75, 3.05) is 0 Å². The molecule has 2 rings (SSSR count). The third-order valence-corrected chi connectivity index (χ3v) is 2.58. The van der Waals surface area contributed by atoms with Crippen LogP contribution in [-0.4, -0.2) is 28.2 Å². The number of H-pyrrole nitrogens is 1. The van der Waals surface area contributed by atoms with Crippen LogP contribution in [-0.2, 0) is 0 Å². The molecule has 2 atom stereocenters. The number of nitrogens with two attached hydrogens (primary N) is 1. The monoisotopic (exact) mass is 316 g/mol. The van der Waals surface area contributed by atoms with Crippen LogP contribution >= 0.6 is 40.7 Å².